The highest BCUT2D eigenvalue weighted by Crippen LogP contribution is 2.43. The Hall–Kier alpha value is -0.200. The summed E-state index contributed by atoms with van der Waals surface area (Å²) in [4.78, 5) is 0. The predicted octanol–water partition coefficient (Wildman–Crippen LogP) is 5.15. The van der Waals surface area contributed by atoms with Crippen molar-refractivity contribution in [1.29, 1.82) is 0 Å². The molecule has 184 valence electrons. The van der Waals surface area contributed by atoms with Crippen LogP contribution in [0.4, 0.5) is 0 Å². The molecular weight excluding hydrogens is 404 g/mol. The van der Waals surface area contributed by atoms with E-state index < -0.39 is 0 Å². The highest BCUT2D eigenvalue weighted by Gasteiger charge is 2.40. The van der Waals surface area contributed by atoms with E-state index in [-0.39, 0.29) is 24.4 Å². The minimum Gasteiger partial charge on any atom is -0.377 e. The molecule has 1 aliphatic heterocycles. The Labute approximate surface area is 195 Å². The third kappa shape index (κ3) is 6.07. The maximum atomic E-state index is 6.44. The van der Waals surface area contributed by atoms with Crippen molar-refractivity contribution in [3.63, 3.8) is 0 Å². The fourth-order valence-corrected chi connectivity index (χ4v) is 7.46. The Kier molecular flexibility index (Phi) is 8.81. The number of rotatable bonds is 0. The quantitative estimate of drug-likeness (QED) is 0.511. The Morgan fingerprint density at radius 3 is 1.06 bits per heavy atom. The molecule has 8 atom stereocenters. The summed E-state index contributed by atoms with van der Waals surface area (Å²) in [6.07, 6.45) is 17.7. The smallest absolute Gasteiger partial charge is 0.0840 e. The van der Waals surface area contributed by atoms with Gasteiger partial charge in [0.25, 0.3) is 0 Å². The molecule has 0 spiro atoms. The summed E-state index contributed by atoms with van der Waals surface area (Å²) < 4.78 is 31.4. The first-order valence-electron chi connectivity index (χ1n) is 13.9. The van der Waals surface area contributed by atoms with Gasteiger partial charge < -0.3 is 23.7 Å². The molecule has 5 fully saturated rings. The number of fused-ring (bicyclic) bond motifs is 4. The van der Waals surface area contributed by atoms with Crippen LogP contribution in [0.1, 0.15) is 83.5 Å². The van der Waals surface area contributed by atoms with Gasteiger partial charge in [0.15, 0.2) is 0 Å². The van der Waals surface area contributed by atoms with Crippen LogP contribution < -0.4 is 0 Å². The zero-order valence-electron chi connectivity index (χ0n) is 20.1. The molecule has 0 N–H and O–H groups in total. The molecule has 0 radical (unpaired) electrons. The zero-order valence-corrected chi connectivity index (χ0v) is 20.1. The van der Waals surface area contributed by atoms with Gasteiger partial charge in [-0.25, -0.2) is 0 Å². The van der Waals surface area contributed by atoms with Crippen LogP contribution in [0.2, 0.25) is 0 Å². The van der Waals surface area contributed by atoms with E-state index in [0.717, 1.165) is 43.3 Å². The van der Waals surface area contributed by atoms with Gasteiger partial charge in [-0.2, -0.15) is 0 Å². The van der Waals surface area contributed by atoms with E-state index in [0.29, 0.717) is 26.4 Å². The van der Waals surface area contributed by atoms with Crippen LogP contribution in [0.3, 0.4) is 0 Å². The Balaban J connectivity index is 1.16. The van der Waals surface area contributed by atoms with E-state index in [2.05, 4.69) is 0 Å². The fourth-order valence-electron chi connectivity index (χ4n) is 7.46. The lowest BCUT2D eigenvalue weighted by molar-refractivity contribution is -0.148. The standard InChI is InChI=1S/C27H46O5/c1-3-8-22-18-26-24(16-20(22)6-1)29-10-5-11-30-25-17-21-7-2-4-9-23(21)19-27(25)32-15-13-28-12-14-31-26/h20-27H,1-19H2/t20-,21-,22-,23+,24-,25+,26+,27-/m0/s1. The van der Waals surface area contributed by atoms with E-state index in [1.54, 1.807) is 0 Å². The molecule has 32 heavy (non-hydrogen) atoms. The van der Waals surface area contributed by atoms with Gasteiger partial charge in [0.2, 0.25) is 0 Å². The number of ether oxygens (including phenoxy) is 5. The Bertz CT molecular complexity index is 510. The summed E-state index contributed by atoms with van der Waals surface area (Å²) >= 11 is 0. The van der Waals surface area contributed by atoms with Gasteiger partial charge in [0.1, 0.15) is 0 Å². The van der Waals surface area contributed by atoms with Crippen LogP contribution in [0, 0.1) is 23.7 Å². The molecule has 5 nitrogen and oxygen atoms in total. The van der Waals surface area contributed by atoms with E-state index in [9.17, 15) is 0 Å². The third-order valence-electron chi connectivity index (χ3n) is 9.17. The van der Waals surface area contributed by atoms with Crippen molar-refractivity contribution < 1.29 is 23.7 Å². The highest BCUT2D eigenvalue weighted by molar-refractivity contribution is 4.91. The average Bonchev–Trinajstić information content (AvgIpc) is 2.82. The van der Waals surface area contributed by atoms with Gasteiger partial charge in [-0.3, -0.25) is 0 Å². The van der Waals surface area contributed by atoms with E-state index in [1.165, 1.54) is 77.0 Å². The van der Waals surface area contributed by atoms with Gasteiger partial charge in [0, 0.05) is 13.2 Å². The van der Waals surface area contributed by atoms with Crippen LogP contribution in [0.5, 0.6) is 0 Å². The predicted molar refractivity (Wildman–Crippen MR) is 124 cm³/mol. The molecule has 1 saturated heterocycles. The summed E-state index contributed by atoms with van der Waals surface area (Å²) in [5, 5.41) is 0. The Morgan fingerprint density at radius 2 is 0.688 bits per heavy atom. The average molecular weight is 451 g/mol. The summed E-state index contributed by atoms with van der Waals surface area (Å²) in [6, 6.07) is 0. The van der Waals surface area contributed by atoms with Crippen molar-refractivity contribution in [2.75, 3.05) is 39.6 Å². The van der Waals surface area contributed by atoms with Crippen molar-refractivity contribution in [2.45, 2.75) is 108 Å². The largest absolute Gasteiger partial charge is 0.377 e. The van der Waals surface area contributed by atoms with Crippen molar-refractivity contribution in [3.05, 3.63) is 0 Å². The van der Waals surface area contributed by atoms with Gasteiger partial charge in [-0.05, 0) is 55.8 Å². The summed E-state index contributed by atoms with van der Waals surface area (Å²) in [7, 11) is 0. The lowest BCUT2D eigenvalue weighted by Gasteiger charge is -2.44. The maximum Gasteiger partial charge on any atom is 0.0840 e. The Morgan fingerprint density at radius 1 is 0.344 bits per heavy atom. The van der Waals surface area contributed by atoms with Gasteiger partial charge in [0.05, 0.1) is 50.8 Å². The van der Waals surface area contributed by atoms with Crippen LogP contribution in [0.15, 0.2) is 0 Å². The minimum atomic E-state index is 0.231. The first-order chi connectivity index (χ1) is 15.9. The van der Waals surface area contributed by atoms with Crippen molar-refractivity contribution in [2.24, 2.45) is 23.7 Å². The van der Waals surface area contributed by atoms with Crippen molar-refractivity contribution in [1.82, 2.24) is 0 Å². The molecule has 0 aromatic heterocycles. The van der Waals surface area contributed by atoms with Gasteiger partial charge >= 0.3 is 0 Å². The monoisotopic (exact) mass is 450 g/mol. The molecule has 4 saturated carbocycles. The van der Waals surface area contributed by atoms with Gasteiger partial charge in [-0.1, -0.05) is 51.4 Å². The molecule has 0 unspecified atom stereocenters. The van der Waals surface area contributed by atoms with Crippen LogP contribution in [-0.2, 0) is 23.7 Å². The maximum absolute atomic E-state index is 6.44. The molecule has 5 heteroatoms. The first-order valence-corrected chi connectivity index (χ1v) is 13.9. The molecule has 1 heterocycles. The molecule has 4 aliphatic carbocycles. The molecular formula is C27H46O5. The van der Waals surface area contributed by atoms with E-state index in [1.807, 2.05) is 0 Å². The SMILES string of the molecule is C1CO[C@H]2C[C@@H]3CCCC[C@H]3C[C@H]2OCCOCCO[C@H]2C[C@H]3CCCC[C@H]3C[C@H]2OC1. The lowest BCUT2D eigenvalue weighted by Crippen LogP contribution is -2.44. The molecule has 0 aromatic carbocycles. The molecule has 0 bridgehead atoms. The van der Waals surface area contributed by atoms with Crippen molar-refractivity contribution >= 4 is 0 Å². The lowest BCUT2D eigenvalue weighted by atomic mass is 9.69. The van der Waals surface area contributed by atoms with Crippen LogP contribution >= 0.6 is 0 Å². The molecule has 0 aromatic rings. The second kappa shape index (κ2) is 12.0. The second-order valence-corrected chi connectivity index (χ2v) is 11.2. The number of hydrogen-bond donors (Lipinski definition) is 0. The summed E-state index contributed by atoms with van der Waals surface area (Å²) in [6.45, 7) is 4.19. The zero-order chi connectivity index (χ0) is 21.6. The highest BCUT2D eigenvalue weighted by atomic mass is 16.6. The van der Waals surface area contributed by atoms with E-state index in [4.69, 9.17) is 23.7 Å². The molecule has 5 aliphatic rings. The number of hydrogen-bond acceptors (Lipinski definition) is 5. The van der Waals surface area contributed by atoms with Gasteiger partial charge in [-0.15, -0.1) is 0 Å². The summed E-state index contributed by atoms with van der Waals surface area (Å²) in [5.74, 6) is 3.36. The first kappa shape index (κ1) is 23.5. The molecule has 0 amide bonds. The third-order valence-corrected chi connectivity index (χ3v) is 9.17. The van der Waals surface area contributed by atoms with Crippen molar-refractivity contribution in [3.8, 4) is 0 Å². The topological polar surface area (TPSA) is 46.2 Å². The molecule has 5 rings (SSSR count). The summed E-state index contributed by atoms with van der Waals surface area (Å²) in [5.41, 5.74) is 0. The van der Waals surface area contributed by atoms with Crippen LogP contribution in [0.25, 0.3) is 0 Å². The second-order valence-electron chi connectivity index (χ2n) is 11.2. The fraction of sp³-hybridized carbons (Fsp3) is 1.00. The van der Waals surface area contributed by atoms with Crippen LogP contribution in [-0.4, -0.2) is 64.1 Å². The minimum absolute atomic E-state index is 0.231. The normalized spacial score (nSPS) is 45.0. The van der Waals surface area contributed by atoms with E-state index >= 15 is 0 Å².